The molecule has 1 aliphatic heterocycles. The summed E-state index contributed by atoms with van der Waals surface area (Å²) in [5, 5.41) is 12.9. The van der Waals surface area contributed by atoms with E-state index in [9.17, 15) is 14.4 Å². The van der Waals surface area contributed by atoms with E-state index >= 15 is 0 Å². The van der Waals surface area contributed by atoms with Crippen molar-refractivity contribution in [3.05, 3.63) is 273 Å². The zero-order chi connectivity index (χ0) is 74.1. The SMILES string of the molecule is CCOC(=O)Cc1ccccc1OCc1cc(-c2cccc(CN)c2C)c2occc2c1.CCOC(=O)Cc1ccccc1OCc1cc(B2OC(C)(C)C(C)(C)O2)c2occc2c1.Cc1c(CN)cccc1-c1cc(COc2ccccc2CC(=O)O)cc2ccoc12.Cc1c(Cl)cccc1CN.[Li+].[OH-]. The third-order valence-corrected chi connectivity index (χ3v) is 19.0. The molecule has 21 heteroatoms. The first kappa shape index (κ1) is 81.8. The molecule has 106 heavy (non-hydrogen) atoms. The van der Waals surface area contributed by atoms with Crippen LogP contribution < -0.4 is 55.7 Å². The van der Waals surface area contributed by atoms with Gasteiger partial charge in [-0.2, -0.15) is 0 Å². The molecule has 0 bridgehead atoms. The minimum absolute atomic E-state index is 0. The van der Waals surface area contributed by atoms with E-state index in [0.29, 0.717) is 75.5 Å². The minimum Gasteiger partial charge on any atom is -0.870 e. The van der Waals surface area contributed by atoms with Gasteiger partial charge in [0, 0.05) is 74.1 Å². The normalized spacial score (nSPS) is 12.5. The molecular formula is C85H90BClLiN3O15. The van der Waals surface area contributed by atoms with Gasteiger partial charge in [0.05, 0.1) is 62.5 Å². The predicted octanol–water partition coefficient (Wildman–Crippen LogP) is 14.0. The van der Waals surface area contributed by atoms with Crippen molar-refractivity contribution in [2.24, 2.45) is 17.2 Å². The van der Waals surface area contributed by atoms with Gasteiger partial charge in [0.15, 0.2) is 0 Å². The number of carbonyl (C=O) groups is 3. The summed E-state index contributed by atoms with van der Waals surface area (Å²) in [6, 6.07) is 58.4. The fourth-order valence-electron chi connectivity index (χ4n) is 12.3. The Morgan fingerprint density at radius 3 is 1.18 bits per heavy atom. The van der Waals surface area contributed by atoms with Crippen molar-refractivity contribution >= 4 is 75.0 Å². The largest absolute Gasteiger partial charge is 1.00 e. The van der Waals surface area contributed by atoms with Crippen LogP contribution in [0.3, 0.4) is 0 Å². The monoisotopic (exact) mass is 1450 g/mol. The Labute approximate surface area is 636 Å². The van der Waals surface area contributed by atoms with E-state index in [-0.39, 0.29) is 55.5 Å². The number of fused-ring (bicyclic) bond motifs is 3. The molecule has 0 unspecified atom stereocenters. The van der Waals surface area contributed by atoms with E-state index < -0.39 is 24.3 Å². The zero-order valence-electron chi connectivity index (χ0n) is 61.7. The van der Waals surface area contributed by atoms with Crippen LogP contribution >= 0.6 is 11.6 Å². The van der Waals surface area contributed by atoms with Crippen LogP contribution in [0.15, 0.2) is 214 Å². The van der Waals surface area contributed by atoms with Crippen molar-refractivity contribution in [1.82, 2.24) is 0 Å². The summed E-state index contributed by atoms with van der Waals surface area (Å²) in [7, 11) is -0.537. The van der Waals surface area contributed by atoms with Crippen molar-refractivity contribution in [1.29, 1.82) is 0 Å². The second kappa shape index (κ2) is 37.9. The molecule has 546 valence electrons. The fraction of sp³-hybridized carbons (Fsp3) is 0.259. The number of para-hydroxylation sites is 3. The molecule has 18 nitrogen and oxygen atoms in total. The molecule has 1 aliphatic rings. The van der Waals surface area contributed by atoms with Gasteiger partial charge in [-0.1, -0.05) is 121 Å². The smallest absolute Gasteiger partial charge is 0.870 e. The number of carboxylic acids is 1. The Morgan fingerprint density at radius 1 is 0.443 bits per heavy atom. The van der Waals surface area contributed by atoms with Crippen molar-refractivity contribution in [3.63, 3.8) is 0 Å². The number of hydrogen-bond donors (Lipinski definition) is 4. The minimum atomic E-state index is -0.886. The van der Waals surface area contributed by atoms with E-state index in [0.717, 1.165) is 127 Å². The molecule has 0 amide bonds. The van der Waals surface area contributed by atoms with Crippen LogP contribution in [-0.2, 0) is 91.9 Å². The van der Waals surface area contributed by atoms with Gasteiger partial charge in [-0.3, -0.25) is 14.4 Å². The van der Waals surface area contributed by atoms with Gasteiger partial charge in [-0.05, 0) is 196 Å². The molecule has 1 saturated heterocycles. The van der Waals surface area contributed by atoms with Crippen LogP contribution in [0, 0.1) is 20.8 Å². The average Bonchev–Trinajstić information content (AvgIpc) is 1.58. The molecule has 4 heterocycles. The molecule has 13 rings (SSSR count). The first-order valence-corrected chi connectivity index (χ1v) is 35.0. The Hall–Kier alpha value is -9.88. The quantitative estimate of drug-likeness (QED) is 0.0342. The number of benzene rings is 9. The molecule has 3 aromatic heterocycles. The van der Waals surface area contributed by atoms with E-state index in [1.54, 1.807) is 44.8 Å². The van der Waals surface area contributed by atoms with Crippen molar-refractivity contribution in [2.45, 2.75) is 132 Å². The summed E-state index contributed by atoms with van der Waals surface area (Å²) in [6.45, 7) is 21.1. The van der Waals surface area contributed by atoms with E-state index in [2.05, 4.69) is 44.2 Å². The Bertz CT molecular complexity index is 4950. The molecule has 0 saturated carbocycles. The Morgan fingerprint density at radius 2 is 0.792 bits per heavy atom. The number of furan rings is 3. The van der Waals surface area contributed by atoms with E-state index in [4.69, 9.17) is 80.2 Å². The van der Waals surface area contributed by atoms with Crippen molar-refractivity contribution in [3.8, 4) is 39.5 Å². The fourth-order valence-corrected chi connectivity index (χ4v) is 12.5. The summed E-state index contributed by atoms with van der Waals surface area (Å²) in [5.41, 5.74) is 35.7. The number of nitrogens with two attached hydrogens (primary N) is 3. The molecule has 0 spiro atoms. The summed E-state index contributed by atoms with van der Waals surface area (Å²) in [4.78, 5) is 35.0. The molecule has 0 atom stereocenters. The summed E-state index contributed by atoms with van der Waals surface area (Å²) in [5.74, 6) is 0.492. The average molecular weight is 1450 g/mol. The first-order valence-electron chi connectivity index (χ1n) is 34.7. The molecule has 0 radical (unpaired) electrons. The van der Waals surface area contributed by atoms with Crippen molar-refractivity contribution < 1.29 is 90.1 Å². The number of rotatable bonds is 23. The third-order valence-electron chi connectivity index (χ3n) is 18.6. The van der Waals surface area contributed by atoms with Gasteiger partial charge in [0.1, 0.15) is 53.8 Å². The van der Waals surface area contributed by atoms with Gasteiger partial charge in [0.2, 0.25) is 0 Å². The number of esters is 2. The van der Waals surface area contributed by atoms with Gasteiger partial charge in [-0.25, -0.2) is 0 Å². The molecule has 1 fully saturated rings. The van der Waals surface area contributed by atoms with Gasteiger partial charge in [-0.15, -0.1) is 0 Å². The van der Waals surface area contributed by atoms with Gasteiger partial charge in [0.25, 0.3) is 0 Å². The number of carbonyl (C=O) groups excluding carboxylic acids is 2. The van der Waals surface area contributed by atoms with E-state index in [1.807, 2.05) is 174 Å². The maximum atomic E-state index is 11.9. The predicted molar refractivity (Wildman–Crippen MR) is 411 cm³/mol. The van der Waals surface area contributed by atoms with Crippen LogP contribution in [0.5, 0.6) is 17.2 Å². The third kappa shape index (κ3) is 20.2. The standard InChI is InChI=1S/C27H27NO4.C25H29BO6.C25H23NO4.C8H10ClN.Li.H2O/c1-3-30-26(29)15-20-7-4-5-10-25(20)32-17-19-13-21-11-12-31-27(21)24(14-19)23-9-6-8-22(16-28)18(23)2;1-6-28-22(27)15-18-9-7-8-10-21(18)30-16-17-13-19-11-12-29-23(19)20(14-17)26-31-24(2,3)25(4,5)32-26;1-16-20(14-26)6-4-7-21(16)22-12-17(11-19-9-10-29-25(19)22)15-30-23-8-3-2-5-18(23)13-24(27)28;1-6-7(5-10)3-2-4-8(6)9;;/h4-14H,3,15-17,28H2,1-2H3;7-14H,6,15-16H2,1-5H3;2-12H,13-15,26H2,1H3,(H,27,28);2-4H,5,10H2,1H3;;1H2/q;;;;+1;/p-1. The number of ether oxygens (including phenoxy) is 5. The summed E-state index contributed by atoms with van der Waals surface area (Å²) < 4.78 is 58.3. The molecule has 8 N–H and O–H groups in total. The van der Waals surface area contributed by atoms with Gasteiger partial charge >= 0.3 is 43.9 Å². The molecule has 9 aromatic carbocycles. The van der Waals surface area contributed by atoms with Crippen LogP contribution in [-0.4, -0.2) is 60.0 Å². The summed E-state index contributed by atoms with van der Waals surface area (Å²) >= 11 is 5.84. The Kier molecular flexibility index (Phi) is 29.2. The summed E-state index contributed by atoms with van der Waals surface area (Å²) in [6.07, 6.45) is 5.33. The van der Waals surface area contributed by atoms with Crippen molar-refractivity contribution in [2.75, 3.05) is 13.2 Å². The molecule has 0 aliphatic carbocycles. The zero-order valence-corrected chi connectivity index (χ0v) is 62.5. The number of aliphatic carboxylic acids is 1. The van der Waals surface area contributed by atoms with Crippen LogP contribution in [0.1, 0.15) is 108 Å². The van der Waals surface area contributed by atoms with Gasteiger partial charge < -0.3 is 74.0 Å². The molecular weight excluding hydrogens is 1360 g/mol. The maximum Gasteiger partial charge on any atom is 1.00 e. The topological polar surface area (TPSA) is 284 Å². The Balaban J connectivity index is 0.000000186. The van der Waals surface area contributed by atoms with Crippen LogP contribution in [0.4, 0.5) is 0 Å². The number of carboxylic acid groups (broad SMARTS) is 1. The first-order chi connectivity index (χ1) is 50.1. The van der Waals surface area contributed by atoms with Crippen LogP contribution in [0.25, 0.3) is 55.2 Å². The second-order valence-electron chi connectivity index (χ2n) is 26.1. The van der Waals surface area contributed by atoms with Crippen LogP contribution in [0.2, 0.25) is 5.02 Å². The molecule has 12 aromatic rings. The second-order valence-corrected chi connectivity index (χ2v) is 26.5. The van der Waals surface area contributed by atoms with E-state index in [1.165, 1.54) is 0 Å². The number of halogens is 1. The maximum absolute atomic E-state index is 11.9. The number of hydrogen-bond acceptors (Lipinski definition) is 17.